The van der Waals surface area contributed by atoms with Crippen LogP contribution in [-0.4, -0.2) is 68.5 Å². The summed E-state index contributed by atoms with van der Waals surface area (Å²) in [4.78, 5) is 40.6. The number of primary amides is 1. The van der Waals surface area contributed by atoms with Crippen molar-refractivity contribution in [1.82, 2.24) is 4.90 Å². The van der Waals surface area contributed by atoms with Crippen molar-refractivity contribution in [2.24, 2.45) is 17.6 Å². The van der Waals surface area contributed by atoms with E-state index in [9.17, 15) is 34.8 Å². The predicted octanol–water partition coefficient (Wildman–Crippen LogP) is 1.79. The van der Waals surface area contributed by atoms with Crippen molar-refractivity contribution in [3.05, 3.63) is 76.3 Å². The number of hydrogen-bond donors (Lipinski definition) is 5. The number of aliphatic hydroxyl groups is 3. The molecule has 9 nitrogen and oxygen atoms in total. The van der Waals surface area contributed by atoms with Crippen LogP contribution in [0.4, 0.5) is 0 Å². The molecule has 0 saturated heterocycles. The number of ketones is 2. The van der Waals surface area contributed by atoms with Crippen LogP contribution in [-0.2, 0) is 16.0 Å². The smallest absolute Gasteiger partial charge is 0.255 e. The van der Waals surface area contributed by atoms with Crippen molar-refractivity contribution in [2.45, 2.75) is 24.5 Å². The van der Waals surface area contributed by atoms with E-state index in [1.54, 1.807) is 20.2 Å². The fourth-order valence-corrected chi connectivity index (χ4v) is 6.14. The normalized spacial score (nSPS) is 27.6. The summed E-state index contributed by atoms with van der Waals surface area (Å²) in [6.07, 6.45) is 0.294. The zero-order valence-corrected chi connectivity index (χ0v) is 19.7. The number of hydrogen-bond acceptors (Lipinski definition) is 8. The number of likely N-dealkylation sites (N-methyl/N-ethyl adjacent to an activating group) is 1. The van der Waals surface area contributed by atoms with Gasteiger partial charge in [0.2, 0.25) is 5.78 Å². The van der Waals surface area contributed by atoms with Gasteiger partial charge >= 0.3 is 0 Å². The van der Waals surface area contributed by atoms with E-state index < -0.39 is 58.0 Å². The number of phenolic OH excluding ortho intramolecular Hbond substituents is 1. The molecule has 0 radical (unpaired) electrons. The molecule has 5 rings (SSSR count). The first kappa shape index (κ1) is 23.8. The molecule has 0 unspecified atom stereocenters. The second-order valence-corrected chi connectivity index (χ2v) is 9.81. The minimum absolute atomic E-state index is 0.00265. The third-order valence-electron chi connectivity index (χ3n) is 7.69. The van der Waals surface area contributed by atoms with Crippen molar-refractivity contribution >= 4 is 17.5 Å². The van der Waals surface area contributed by atoms with Crippen LogP contribution >= 0.6 is 0 Å². The Bertz CT molecular complexity index is 1390. The van der Waals surface area contributed by atoms with Crippen molar-refractivity contribution in [1.29, 1.82) is 0 Å². The molecular formula is C27H26N2O7. The lowest BCUT2D eigenvalue weighted by molar-refractivity contribution is -0.148. The number of phenols is 1. The van der Waals surface area contributed by atoms with Crippen LogP contribution < -0.4 is 5.73 Å². The maximum atomic E-state index is 13.7. The van der Waals surface area contributed by atoms with Gasteiger partial charge in [-0.1, -0.05) is 36.4 Å². The molecule has 6 N–H and O–H groups in total. The number of aliphatic hydroxyl groups excluding tert-OH is 2. The zero-order valence-electron chi connectivity index (χ0n) is 19.7. The van der Waals surface area contributed by atoms with Crippen LogP contribution in [0.25, 0.3) is 11.1 Å². The number of benzene rings is 2. The van der Waals surface area contributed by atoms with Crippen LogP contribution in [0.5, 0.6) is 5.75 Å². The summed E-state index contributed by atoms with van der Waals surface area (Å²) in [5.41, 5.74) is 3.90. The highest BCUT2D eigenvalue weighted by atomic mass is 16.3. The molecule has 4 atom stereocenters. The van der Waals surface area contributed by atoms with Gasteiger partial charge in [-0.25, -0.2) is 0 Å². The molecule has 36 heavy (non-hydrogen) atoms. The van der Waals surface area contributed by atoms with Gasteiger partial charge in [-0.15, -0.1) is 0 Å². The molecule has 2 aromatic carbocycles. The number of aromatic hydroxyl groups is 1. The van der Waals surface area contributed by atoms with Crippen LogP contribution in [0, 0.1) is 11.8 Å². The summed E-state index contributed by atoms with van der Waals surface area (Å²) in [5, 5.41) is 44.4. The maximum absolute atomic E-state index is 13.7. The lowest BCUT2D eigenvalue weighted by Gasteiger charge is -2.50. The summed E-state index contributed by atoms with van der Waals surface area (Å²) in [6.45, 7) is 0. The van der Waals surface area contributed by atoms with Crippen molar-refractivity contribution in [2.75, 3.05) is 14.1 Å². The average Bonchev–Trinajstić information content (AvgIpc) is 2.81. The highest BCUT2D eigenvalue weighted by molar-refractivity contribution is 6.24. The van der Waals surface area contributed by atoms with Crippen molar-refractivity contribution < 1.29 is 34.8 Å². The standard InChI is InChI=1S/C27H26N2O7/c1-29(2)21-16-11-13-10-15-14(12-6-4-3-5-7-12)8-9-17(30)19(15)22(31)18(13)24(33)27(16,36)25(34)20(23(21)32)26(28)35/h3-9,13,16,21,30,32-33,36H,10-11H2,1-2H3,(H2,28,35)/t13-,16-,21+,27-/m0/s1. The van der Waals surface area contributed by atoms with Gasteiger partial charge in [0.1, 0.15) is 22.8 Å². The molecule has 186 valence electrons. The van der Waals surface area contributed by atoms with Gasteiger partial charge in [0, 0.05) is 11.5 Å². The van der Waals surface area contributed by atoms with Crippen LogP contribution in [0.2, 0.25) is 0 Å². The largest absolute Gasteiger partial charge is 0.510 e. The van der Waals surface area contributed by atoms with E-state index in [0.29, 0.717) is 5.56 Å². The Labute approximate surface area is 206 Å². The van der Waals surface area contributed by atoms with Crippen molar-refractivity contribution in [3.63, 3.8) is 0 Å². The van der Waals surface area contributed by atoms with Crippen LogP contribution in [0.3, 0.4) is 0 Å². The van der Waals surface area contributed by atoms with Gasteiger partial charge in [-0.05, 0) is 55.6 Å². The van der Waals surface area contributed by atoms with Gasteiger partial charge in [-0.2, -0.15) is 0 Å². The third kappa shape index (κ3) is 3.06. The highest BCUT2D eigenvalue weighted by Crippen LogP contribution is 2.53. The Morgan fingerprint density at radius 2 is 1.72 bits per heavy atom. The van der Waals surface area contributed by atoms with E-state index >= 15 is 0 Å². The molecule has 0 bridgehead atoms. The first-order valence-corrected chi connectivity index (χ1v) is 11.5. The fraction of sp³-hybridized carbons (Fsp3) is 0.296. The summed E-state index contributed by atoms with van der Waals surface area (Å²) in [5.74, 6) is -6.60. The number of nitrogens with zero attached hydrogens (tertiary/aromatic N) is 1. The summed E-state index contributed by atoms with van der Waals surface area (Å²) >= 11 is 0. The first-order chi connectivity index (χ1) is 17.0. The fourth-order valence-electron chi connectivity index (χ4n) is 6.14. The van der Waals surface area contributed by atoms with E-state index in [1.807, 2.05) is 30.3 Å². The number of rotatable bonds is 3. The van der Waals surface area contributed by atoms with Gasteiger partial charge in [0.05, 0.1) is 11.6 Å². The maximum Gasteiger partial charge on any atom is 0.255 e. The molecule has 3 aliphatic rings. The van der Waals surface area contributed by atoms with Crippen molar-refractivity contribution in [3.8, 4) is 16.9 Å². The Morgan fingerprint density at radius 3 is 2.33 bits per heavy atom. The lowest BCUT2D eigenvalue weighted by Crippen LogP contribution is -2.63. The Hall–Kier alpha value is -3.95. The predicted molar refractivity (Wildman–Crippen MR) is 129 cm³/mol. The van der Waals surface area contributed by atoms with Crippen LogP contribution in [0.1, 0.15) is 22.3 Å². The quantitative estimate of drug-likeness (QED) is 0.407. The molecule has 0 heterocycles. The minimum atomic E-state index is -2.64. The second-order valence-electron chi connectivity index (χ2n) is 9.81. The molecule has 1 amide bonds. The lowest BCUT2D eigenvalue weighted by atomic mass is 9.58. The number of allylic oxidation sites excluding steroid dienone is 1. The number of carbonyl (C=O) groups is 3. The Kier molecular flexibility index (Phi) is 5.31. The van der Waals surface area contributed by atoms with E-state index in [-0.39, 0.29) is 29.7 Å². The molecule has 3 aliphatic carbocycles. The molecule has 0 spiro atoms. The van der Waals surface area contributed by atoms with Gasteiger partial charge < -0.3 is 26.2 Å². The average molecular weight is 491 g/mol. The number of Topliss-reactive ketones (excluding diaryl/α,β-unsaturated/α-hetero) is 2. The molecule has 0 aromatic heterocycles. The molecular weight excluding hydrogens is 464 g/mol. The summed E-state index contributed by atoms with van der Waals surface area (Å²) in [6, 6.07) is 11.5. The highest BCUT2D eigenvalue weighted by Gasteiger charge is 2.63. The number of carbonyl (C=O) groups excluding carboxylic acids is 3. The summed E-state index contributed by atoms with van der Waals surface area (Å²) < 4.78 is 0. The number of nitrogens with two attached hydrogens (primary N) is 1. The van der Waals surface area contributed by atoms with E-state index in [0.717, 1.165) is 11.1 Å². The van der Waals surface area contributed by atoms with Gasteiger partial charge in [0.15, 0.2) is 11.4 Å². The number of amides is 1. The monoisotopic (exact) mass is 490 g/mol. The Balaban J connectivity index is 1.73. The molecule has 2 aromatic rings. The number of fused-ring (bicyclic) bond motifs is 3. The zero-order chi connectivity index (χ0) is 26.1. The topological polar surface area (TPSA) is 161 Å². The van der Waals surface area contributed by atoms with Crippen LogP contribution in [0.15, 0.2) is 65.1 Å². The molecule has 0 saturated carbocycles. The molecule has 0 aliphatic heterocycles. The SMILES string of the molecule is CN(C)[C@H]1C(O)=C(C(N)=O)C(=O)[C@@]2(O)C(O)=C3C(=O)c4c(O)ccc(-c5ccccc5)c4C[C@H]3C[C@@H]12. The first-order valence-electron chi connectivity index (χ1n) is 11.5. The van der Waals surface area contributed by atoms with Gasteiger partial charge in [0.25, 0.3) is 5.91 Å². The second kappa shape index (κ2) is 8.04. The molecule has 0 fully saturated rings. The molecule has 9 heteroatoms. The minimum Gasteiger partial charge on any atom is -0.510 e. The van der Waals surface area contributed by atoms with E-state index in [2.05, 4.69) is 0 Å². The van der Waals surface area contributed by atoms with E-state index in [4.69, 9.17) is 5.73 Å². The van der Waals surface area contributed by atoms with E-state index in [1.165, 1.54) is 11.0 Å². The Morgan fingerprint density at radius 1 is 1.06 bits per heavy atom. The third-order valence-corrected chi connectivity index (χ3v) is 7.69. The van der Waals surface area contributed by atoms with Gasteiger partial charge in [-0.3, -0.25) is 19.3 Å². The summed E-state index contributed by atoms with van der Waals surface area (Å²) in [7, 11) is 3.19.